The first kappa shape index (κ1) is 19.6. The number of amides is 1. The molecular formula is C20H22FN3O4. The van der Waals surface area contributed by atoms with Crippen molar-refractivity contribution in [3.05, 3.63) is 58.4 Å². The first-order valence-electron chi connectivity index (χ1n) is 9.20. The van der Waals surface area contributed by atoms with E-state index in [-0.39, 0.29) is 5.75 Å². The molecule has 1 heterocycles. The van der Waals surface area contributed by atoms with E-state index in [9.17, 15) is 19.3 Å². The van der Waals surface area contributed by atoms with Gasteiger partial charge in [-0.05, 0) is 56.5 Å². The van der Waals surface area contributed by atoms with Crippen LogP contribution < -0.4 is 15.0 Å². The zero-order valence-corrected chi connectivity index (χ0v) is 15.6. The van der Waals surface area contributed by atoms with Gasteiger partial charge in [0.15, 0.2) is 6.10 Å². The smallest absolute Gasteiger partial charge is 0.311 e. The lowest BCUT2D eigenvalue weighted by molar-refractivity contribution is -0.386. The predicted octanol–water partition coefficient (Wildman–Crippen LogP) is 4.13. The Morgan fingerprint density at radius 3 is 2.50 bits per heavy atom. The first-order valence-corrected chi connectivity index (χ1v) is 9.20. The molecule has 0 bridgehead atoms. The third-order valence-electron chi connectivity index (χ3n) is 4.65. The molecule has 7 nitrogen and oxygen atoms in total. The second-order valence-corrected chi connectivity index (χ2v) is 6.71. The fourth-order valence-electron chi connectivity index (χ4n) is 3.13. The Labute approximate surface area is 162 Å². The quantitative estimate of drug-likeness (QED) is 0.595. The number of anilines is 2. The molecule has 1 atom stereocenters. The number of nitrogens with zero attached hydrogens (tertiary/aromatic N) is 2. The maximum Gasteiger partial charge on any atom is 0.311 e. The summed E-state index contributed by atoms with van der Waals surface area (Å²) >= 11 is 0. The number of hydrogen-bond donors (Lipinski definition) is 1. The highest BCUT2D eigenvalue weighted by atomic mass is 19.1. The third kappa shape index (κ3) is 4.76. The number of hydrogen-bond acceptors (Lipinski definition) is 5. The lowest BCUT2D eigenvalue weighted by atomic mass is 10.1. The molecule has 1 amide bonds. The van der Waals surface area contributed by atoms with Gasteiger partial charge in [0.2, 0.25) is 5.75 Å². The van der Waals surface area contributed by atoms with Gasteiger partial charge in [0.05, 0.1) is 4.92 Å². The number of carbonyl (C=O) groups excluding carboxylic acids is 1. The van der Waals surface area contributed by atoms with E-state index in [2.05, 4.69) is 10.2 Å². The zero-order chi connectivity index (χ0) is 20.1. The molecule has 3 rings (SSSR count). The maximum atomic E-state index is 13.4. The van der Waals surface area contributed by atoms with E-state index < -0.39 is 28.4 Å². The molecule has 0 unspecified atom stereocenters. The number of benzene rings is 2. The number of rotatable bonds is 6. The summed E-state index contributed by atoms with van der Waals surface area (Å²) in [6.45, 7) is 3.51. The normalized spacial score (nSPS) is 15.0. The number of nitro benzene ring substituents is 1. The number of halogens is 1. The molecular weight excluding hydrogens is 365 g/mol. The molecule has 2 aromatic rings. The first-order chi connectivity index (χ1) is 13.4. The summed E-state index contributed by atoms with van der Waals surface area (Å²) in [5.74, 6) is -1.45. The van der Waals surface area contributed by atoms with Gasteiger partial charge in [0.25, 0.3) is 5.91 Å². The van der Waals surface area contributed by atoms with Crippen molar-refractivity contribution in [1.29, 1.82) is 0 Å². The summed E-state index contributed by atoms with van der Waals surface area (Å²) in [5, 5.41) is 13.7. The Balaban J connectivity index is 1.63. The second kappa shape index (κ2) is 8.69. The van der Waals surface area contributed by atoms with Crippen LogP contribution in [0.1, 0.15) is 26.2 Å². The summed E-state index contributed by atoms with van der Waals surface area (Å²) < 4.78 is 18.7. The molecule has 0 radical (unpaired) electrons. The molecule has 0 saturated carbocycles. The van der Waals surface area contributed by atoms with Gasteiger partial charge in [0.1, 0.15) is 5.82 Å². The highest BCUT2D eigenvalue weighted by Crippen LogP contribution is 2.28. The fourth-order valence-corrected chi connectivity index (χ4v) is 3.13. The average Bonchev–Trinajstić information content (AvgIpc) is 2.69. The number of piperidine rings is 1. The Morgan fingerprint density at radius 1 is 1.18 bits per heavy atom. The molecule has 0 spiro atoms. The summed E-state index contributed by atoms with van der Waals surface area (Å²) in [6.07, 6.45) is 2.58. The van der Waals surface area contributed by atoms with Gasteiger partial charge in [-0.15, -0.1) is 0 Å². The van der Waals surface area contributed by atoms with Gasteiger partial charge in [-0.25, -0.2) is 4.39 Å². The SMILES string of the molecule is C[C@@H](Oc1cc(F)ccc1[N+](=O)[O-])C(=O)Nc1ccc(N2CCCCC2)cc1. The van der Waals surface area contributed by atoms with Crippen LogP contribution in [0.4, 0.5) is 21.5 Å². The monoisotopic (exact) mass is 387 g/mol. The van der Waals surface area contributed by atoms with Gasteiger partial charge in [-0.1, -0.05) is 0 Å². The molecule has 0 aromatic heterocycles. The molecule has 1 aliphatic rings. The zero-order valence-electron chi connectivity index (χ0n) is 15.6. The van der Waals surface area contributed by atoms with Crippen molar-refractivity contribution in [3.8, 4) is 5.75 Å². The van der Waals surface area contributed by atoms with Crippen LogP contribution in [-0.2, 0) is 4.79 Å². The molecule has 1 fully saturated rings. The van der Waals surface area contributed by atoms with Crippen molar-refractivity contribution in [2.45, 2.75) is 32.3 Å². The van der Waals surface area contributed by atoms with Gasteiger partial charge < -0.3 is 15.0 Å². The van der Waals surface area contributed by atoms with Crippen LogP contribution >= 0.6 is 0 Å². The van der Waals surface area contributed by atoms with Gasteiger partial charge in [-0.2, -0.15) is 0 Å². The lowest BCUT2D eigenvalue weighted by Crippen LogP contribution is -2.30. The van der Waals surface area contributed by atoms with Crippen LogP contribution in [0, 0.1) is 15.9 Å². The summed E-state index contributed by atoms with van der Waals surface area (Å²) in [7, 11) is 0. The van der Waals surface area contributed by atoms with Crippen LogP contribution in [0.5, 0.6) is 5.75 Å². The van der Waals surface area contributed by atoms with Crippen molar-refractivity contribution in [2.24, 2.45) is 0 Å². The highest BCUT2D eigenvalue weighted by Gasteiger charge is 2.22. The molecule has 8 heteroatoms. The van der Waals surface area contributed by atoms with Crippen LogP contribution in [0.15, 0.2) is 42.5 Å². The topological polar surface area (TPSA) is 84.7 Å². The summed E-state index contributed by atoms with van der Waals surface area (Å²) in [6, 6.07) is 10.4. The third-order valence-corrected chi connectivity index (χ3v) is 4.65. The molecule has 2 aromatic carbocycles. The fraction of sp³-hybridized carbons (Fsp3) is 0.350. The van der Waals surface area contributed by atoms with Gasteiger partial charge in [0, 0.05) is 36.6 Å². The predicted molar refractivity (Wildman–Crippen MR) is 104 cm³/mol. The minimum Gasteiger partial charge on any atom is -0.474 e. The van der Waals surface area contributed by atoms with Crippen LogP contribution in [0.25, 0.3) is 0 Å². The van der Waals surface area contributed by atoms with Crippen molar-refractivity contribution >= 4 is 23.0 Å². The minimum absolute atomic E-state index is 0.284. The summed E-state index contributed by atoms with van der Waals surface area (Å²) in [5.41, 5.74) is 1.30. The minimum atomic E-state index is -1.04. The molecule has 148 valence electrons. The van der Waals surface area contributed by atoms with E-state index in [1.165, 1.54) is 26.2 Å². The Bertz CT molecular complexity index is 851. The van der Waals surface area contributed by atoms with Crippen molar-refractivity contribution in [3.63, 3.8) is 0 Å². The van der Waals surface area contributed by atoms with Crippen LogP contribution in [0.3, 0.4) is 0 Å². The number of nitro groups is 1. The van der Waals surface area contributed by atoms with E-state index in [0.29, 0.717) is 5.69 Å². The maximum absolute atomic E-state index is 13.4. The Hall–Kier alpha value is -3.16. The largest absolute Gasteiger partial charge is 0.474 e. The molecule has 28 heavy (non-hydrogen) atoms. The van der Waals surface area contributed by atoms with Crippen LogP contribution in [0.2, 0.25) is 0 Å². The molecule has 1 saturated heterocycles. The Morgan fingerprint density at radius 2 is 1.86 bits per heavy atom. The number of ether oxygens (including phenoxy) is 1. The van der Waals surface area contributed by atoms with Gasteiger partial charge in [-0.3, -0.25) is 14.9 Å². The second-order valence-electron chi connectivity index (χ2n) is 6.71. The lowest BCUT2D eigenvalue weighted by Gasteiger charge is -2.28. The van der Waals surface area contributed by atoms with Crippen molar-refractivity contribution in [2.75, 3.05) is 23.3 Å². The van der Waals surface area contributed by atoms with E-state index in [4.69, 9.17) is 4.74 Å². The van der Waals surface area contributed by atoms with Crippen molar-refractivity contribution in [1.82, 2.24) is 0 Å². The molecule has 1 aliphatic heterocycles. The molecule has 0 aliphatic carbocycles. The van der Waals surface area contributed by atoms with E-state index in [0.717, 1.165) is 37.0 Å². The van der Waals surface area contributed by atoms with E-state index in [1.807, 2.05) is 12.1 Å². The van der Waals surface area contributed by atoms with Crippen LogP contribution in [-0.4, -0.2) is 30.0 Å². The average molecular weight is 387 g/mol. The standard InChI is InChI=1S/C20H22FN3O4/c1-14(28-19-13-15(21)5-10-18(19)24(26)27)20(25)22-16-6-8-17(9-7-16)23-11-3-2-4-12-23/h5-10,13-14H,2-4,11-12H2,1H3,(H,22,25)/t14-/m1/s1. The highest BCUT2D eigenvalue weighted by molar-refractivity contribution is 5.94. The summed E-state index contributed by atoms with van der Waals surface area (Å²) in [4.78, 5) is 25.0. The number of nitrogens with one attached hydrogen (secondary N) is 1. The van der Waals surface area contributed by atoms with Crippen molar-refractivity contribution < 1.29 is 18.8 Å². The number of carbonyl (C=O) groups is 1. The van der Waals surface area contributed by atoms with Gasteiger partial charge >= 0.3 is 5.69 Å². The Kier molecular flexibility index (Phi) is 6.08. The van der Waals surface area contributed by atoms with E-state index in [1.54, 1.807) is 12.1 Å². The van der Waals surface area contributed by atoms with E-state index >= 15 is 0 Å². The molecule has 1 N–H and O–H groups in total.